The van der Waals surface area contributed by atoms with Crippen molar-refractivity contribution in [2.24, 2.45) is 11.3 Å². The van der Waals surface area contributed by atoms with Gasteiger partial charge in [-0.2, -0.15) is 0 Å². The van der Waals surface area contributed by atoms with Crippen LogP contribution in [0.1, 0.15) is 60.3 Å². The number of carbonyl (C=O) groups is 2. The van der Waals surface area contributed by atoms with Crippen LogP contribution in [-0.2, 0) is 19.1 Å². The lowest BCUT2D eigenvalue weighted by Crippen LogP contribution is -2.61. The first kappa shape index (κ1) is 18.2. The molecule has 0 saturated heterocycles. The molecule has 5 nitrogen and oxygen atoms in total. The van der Waals surface area contributed by atoms with Gasteiger partial charge in [-0.05, 0) is 45.6 Å². The zero-order valence-corrected chi connectivity index (χ0v) is 15.7. The summed E-state index contributed by atoms with van der Waals surface area (Å²) in [5.74, 6) is -0.584. The quantitative estimate of drug-likeness (QED) is 0.613. The van der Waals surface area contributed by atoms with E-state index in [1.807, 2.05) is 13.8 Å². The van der Waals surface area contributed by atoms with E-state index in [-0.39, 0.29) is 30.1 Å². The fourth-order valence-corrected chi connectivity index (χ4v) is 4.70. The second-order valence-corrected chi connectivity index (χ2v) is 8.12. The summed E-state index contributed by atoms with van der Waals surface area (Å²) in [5.41, 5.74) is 0.894. The van der Waals surface area contributed by atoms with Gasteiger partial charge < -0.3 is 14.6 Å². The predicted octanol–water partition coefficient (Wildman–Crippen LogP) is 3.07. The van der Waals surface area contributed by atoms with E-state index < -0.39 is 11.0 Å². The second kappa shape index (κ2) is 5.97. The summed E-state index contributed by atoms with van der Waals surface area (Å²) in [5, 5.41) is 11.4. The minimum atomic E-state index is -0.913. The Labute approximate surface area is 149 Å². The molecule has 2 aliphatic carbocycles. The zero-order valence-electron chi connectivity index (χ0n) is 15.7. The van der Waals surface area contributed by atoms with E-state index in [0.717, 1.165) is 5.57 Å². The molecule has 2 saturated carbocycles. The molecule has 1 heterocycles. The standard InChI is InChI=1S/C20H28O5/c1-6-11(2)17(21)24-15-7-8-20(23)10-16-14(12(3)18(22)25-16)9-19(20,5)13(15)4/h6,13,15-16,23H,7-10H2,1-5H3. The summed E-state index contributed by atoms with van der Waals surface area (Å²) in [6.07, 6.45) is 3.40. The van der Waals surface area contributed by atoms with Gasteiger partial charge in [0.05, 0.1) is 5.60 Å². The number of hydrogen-bond acceptors (Lipinski definition) is 5. The third kappa shape index (κ3) is 2.64. The summed E-state index contributed by atoms with van der Waals surface area (Å²) >= 11 is 0. The van der Waals surface area contributed by atoms with E-state index in [1.54, 1.807) is 19.9 Å². The number of fused-ring (bicyclic) bond motifs is 2. The highest BCUT2D eigenvalue weighted by molar-refractivity contribution is 5.91. The van der Waals surface area contributed by atoms with Gasteiger partial charge in [0.2, 0.25) is 0 Å². The summed E-state index contributed by atoms with van der Waals surface area (Å²) in [7, 11) is 0. The maximum Gasteiger partial charge on any atom is 0.334 e. The van der Waals surface area contributed by atoms with Gasteiger partial charge in [0, 0.05) is 28.9 Å². The highest BCUT2D eigenvalue weighted by atomic mass is 16.6. The number of ether oxygens (including phenoxy) is 2. The fourth-order valence-electron chi connectivity index (χ4n) is 4.70. The maximum absolute atomic E-state index is 12.2. The summed E-state index contributed by atoms with van der Waals surface area (Å²) in [6, 6.07) is 0. The van der Waals surface area contributed by atoms with Gasteiger partial charge in [-0.3, -0.25) is 0 Å². The molecule has 2 fully saturated rings. The number of hydrogen-bond donors (Lipinski definition) is 1. The predicted molar refractivity (Wildman–Crippen MR) is 92.6 cm³/mol. The Morgan fingerprint density at radius 3 is 2.76 bits per heavy atom. The molecule has 0 aromatic heterocycles. The van der Waals surface area contributed by atoms with Gasteiger partial charge in [0.25, 0.3) is 0 Å². The van der Waals surface area contributed by atoms with Crippen LogP contribution in [-0.4, -0.2) is 34.9 Å². The molecular weight excluding hydrogens is 320 g/mol. The lowest BCUT2D eigenvalue weighted by atomic mass is 9.51. The van der Waals surface area contributed by atoms with Gasteiger partial charge >= 0.3 is 11.9 Å². The first-order valence-electron chi connectivity index (χ1n) is 9.10. The average Bonchev–Trinajstić information content (AvgIpc) is 2.83. The van der Waals surface area contributed by atoms with Gasteiger partial charge in [-0.1, -0.05) is 19.9 Å². The lowest BCUT2D eigenvalue weighted by molar-refractivity contribution is -0.204. The molecule has 5 heteroatoms. The first-order valence-corrected chi connectivity index (χ1v) is 9.10. The third-order valence-electron chi connectivity index (χ3n) is 6.99. The van der Waals surface area contributed by atoms with Crippen molar-refractivity contribution < 1.29 is 24.2 Å². The van der Waals surface area contributed by atoms with E-state index in [9.17, 15) is 14.7 Å². The molecule has 0 amide bonds. The van der Waals surface area contributed by atoms with Crippen LogP contribution in [0.3, 0.4) is 0 Å². The Morgan fingerprint density at radius 2 is 2.12 bits per heavy atom. The molecule has 0 aromatic rings. The van der Waals surface area contributed by atoms with Crippen molar-refractivity contribution in [3.63, 3.8) is 0 Å². The Balaban J connectivity index is 1.88. The lowest BCUT2D eigenvalue weighted by Gasteiger charge is -2.58. The highest BCUT2D eigenvalue weighted by Crippen LogP contribution is 2.59. The van der Waals surface area contributed by atoms with Crippen molar-refractivity contribution in [1.29, 1.82) is 0 Å². The number of aliphatic hydroxyl groups is 1. The topological polar surface area (TPSA) is 72.8 Å². The number of esters is 2. The second-order valence-electron chi connectivity index (χ2n) is 8.12. The molecule has 3 rings (SSSR count). The Morgan fingerprint density at radius 1 is 1.44 bits per heavy atom. The minimum Gasteiger partial charge on any atom is -0.459 e. The zero-order chi connectivity index (χ0) is 18.6. The van der Waals surface area contributed by atoms with E-state index in [4.69, 9.17) is 9.47 Å². The van der Waals surface area contributed by atoms with Crippen molar-refractivity contribution in [3.05, 3.63) is 22.8 Å². The number of allylic oxidation sites excluding steroid dienone is 1. The van der Waals surface area contributed by atoms with E-state index >= 15 is 0 Å². The smallest absolute Gasteiger partial charge is 0.334 e. The van der Waals surface area contributed by atoms with Gasteiger partial charge in [-0.25, -0.2) is 9.59 Å². The van der Waals surface area contributed by atoms with Gasteiger partial charge in [0.1, 0.15) is 12.2 Å². The van der Waals surface area contributed by atoms with Gasteiger partial charge in [0.15, 0.2) is 0 Å². The molecule has 5 unspecified atom stereocenters. The Bertz CT molecular complexity index is 676. The van der Waals surface area contributed by atoms with Crippen molar-refractivity contribution in [1.82, 2.24) is 0 Å². The van der Waals surface area contributed by atoms with E-state index in [2.05, 4.69) is 6.92 Å². The van der Waals surface area contributed by atoms with Crippen LogP contribution >= 0.6 is 0 Å². The van der Waals surface area contributed by atoms with Crippen LogP contribution in [0.4, 0.5) is 0 Å². The fraction of sp³-hybridized carbons (Fsp3) is 0.700. The molecule has 0 bridgehead atoms. The minimum absolute atomic E-state index is 0.0168. The normalized spacial score (nSPS) is 41.1. The molecule has 1 N–H and O–H groups in total. The molecule has 0 spiro atoms. The molecule has 1 aliphatic heterocycles. The van der Waals surface area contributed by atoms with Crippen LogP contribution in [0.5, 0.6) is 0 Å². The van der Waals surface area contributed by atoms with Crippen molar-refractivity contribution in [2.75, 3.05) is 0 Å². The van der Waals surface area contributed by atoms with Crippen molar-refractivity contribution in [3.8, 4) is 0 Å². The molecule has 25 heavy (non-hydrogen) atoms. The first-order chi connectivity index (χ1) is 11.6. The summed E-state index contributed by atoms with van der Waals surface area (Å²) < 4.78 is 11.2. The van der Waals surface area contributed by atoms with E-state index in [0.29, 0.717) is 36.8 Å². The Hall–Kier alpha value is -1.62. The highest BCUT2D eigenvalue weighted by Gasteiger charge is 2.61. The summed E-state index contributed by atoms with van der Waals surface area (Å²) in [6.45, 7) is 9.45. The molecule has 138 valence electrons. The molecule has 0 radical (unpaired) electrons. The van der Waals surface area contributed by atoms with Crippen LogP contribution in [0.25, 0.3) is 0 Å². The monoisotopic (exact) mass is 348 g/mol. The number of carbonyl (C=O) groups excluding carboxylic acids is 2. The third-order valence-corrected chi connectivity index (χ3v) is 6.99. The molecule has 3 aliphatic rings. The van der Waals surface area contributed by atoms with Crippen LogP contribution < -0.4 is 0 Å². The van der Waals surface area contributed by atoms with Crippen LogP contribution in [0.2, 0.25) is 0 Å². The molecule has 0 aromatic carbocycles. The largest absolute Gasteiger partial charge is 0.459 e. The maximum atomic E-state index is 12.2. The molecule has 5 atom stereocenters. The van der Waals surface area contributed by atoms with Crippen LogP contribution in [0, 0.1) is 11.3 Å². The van der Waals surface area contributed by atoms with E-state index in [1.165, 1.54) is 0 Å². The SMILES string of the molecule is CC=C(C)C(=O)OC1CCC2(O)CC3OC(=O)C(C)=C3CC2(C)C1C. The average molecular weight is 348 g/mol. The number of rotatable bonds is 2. The van der Waals surface area contributed by atoms with Crippen molar-refractivity contribution in [2.45, 2.75) is 78.1 Å². The summed E-state index contributed by atoms with van der Waals surface area (Å²) in [4.78, 5) is 24.1. The van der Waals surface area contributed by atoms with Crippen molar-refractivity contribution >= 4 is 11.9 Å². The molecular formula is C20H28O5. The Kier molecular flexibility index (Phi) is 4.34. The van der Waals surface area contributed by atoms with Gasteiger partial charge in [-0.15, -0.1) is 0 Å². The van der Waals surface area contributed by atoms with Crippen LogP contribution in [0.15, 0.2) is 22.8 Å².